The molecule has 4 heteroatoms. The molecule has 0 saturated heterocycles. The molecule has 76 heavy (non-hydrogen) atoms. The fraction of sp³-hybridized carbons (Fsp3) is 0. The fourth-order valence-corrected chi connectivity index (χ4v) is 12.2. The van der Waals surface area contributed by atoms with E-state index < -0.39 is 0 Å². The van der Waals surface area contributed by atoms with Crippen LogP contribution in [0.3, 0.4) is 0 Å². The molecule has 13 aromatic carbocycles. The van der Waals surface area contributed by atoms with E-state index in [4.69, 9.17) is 8.83 Å². The summed E-state index contributed by atoms with van der Waals surface area (Å²) in [6, 6.07) is 96.7. The Morgan fingerprint density at radius 1 is 0.250 bits per heavy atom. The Labute approximate surface area is 437 Å². The summed E-state index contributed by atoms with van der Waals surface area (Å²) < 4.78 is 15.0. The third-order valence-electron chi connectivity index (χ3n) is 15.8. The molecule has 0 aliphatic rings. The number of fused-ring (bicyclic) bond motifs is 15. The summed E-state index contributed by atoms with van der Waals surface area (Å²) in [6.07, 6.45) is 0. The number of nitrogens with zero attached hydrogens (tertiary/aromatic N) is 2. The minimum absolute atomic E-state index is 0.896. The summed E-state index contributed by atoms with van der Waals surface area (Å²) in [7, 11) is 0. The first-order valence-electron chi connectivity index (χ1n) is 26.0. The lowest BCUT2D eigenvalue weighted by Crippen LogP contribution is -2.09. The standard InChI is InChI=1S/C72H44N2O2/c1-2-13-50(14-3-1)73(52-34-27-46(28-35-52)54-21-12-24-71-72(54)61-20-9-11-23-69(61)76-71)51-32-25-45(26-33-51)47-29-38-66-63(41-47)64-42-48(49-31-40-70-65(43-49)60-19-8-10-22-68(60)75-70)30-39-67(64)74(66)53-36-37-59-57-17-5-4-15-55(57)56-16-6-7-18-58(56)62(59)44-53/h1-44H. The topological polar surface area (TPSA) is 34.5 Å². The predicted octanol–water partition coefficient (Wildman–Crippen LogP) is 20.5. The van der Waals surface area contributed by atoms with E-state index in [9.17, 15) is 0 Å². The van der Waals surface area contributed by atoms with E-state index in [0.29, 0.717) is 0 Å². The summed E-state index contributed by atoms with van der Waals surface area (Å²) in [5.41, 5.74) is 17.2. The maximum absolute atomic E-state index is 6.26. The summed E-state index contributed by atoms with van der Waals surface area (Å²) in [5, 5.41) is 14.5. The third-order valence-corrected chi connectivity index (χ3v) is 15.8. The van der Waals surface area contributed by atoms with Gasteiger partial charge in [0.15, 0.2) is 0 Å². The normalized spacial score (nSPS) is 11.9. The van der Waals surface area contributed by atoms with Gasteiger partial charge in [-0.15, -0.1) is 0 Å². The molecule has 0 aliphatic carbocycles. The molecule has 0 N–H and O–H groups in total. The van der Waals surface area contributed by atoms with Crippen LogP contribution in [-0.2, 0) is 0 Å². The van der Waals surface area contributed by atoms with Gasteiger partial charge in [-0.3, -0.25) is 0 Å². The zero-order valence-electron chi connectivity index (χ0n) is 41.1. The lowest BCUT2D eigenvalue weighted by Gasteiger charge is -2.26. The molecule has 354 valence electrons. The summed E-state index contributed by atoms with van der Waals surface area (Å²) in [5.74, 6) is 0. The number of hydrogen-bond acceptors (Lipinski definition) is 3. The summed E-state index contributed by atoms with van der Waals surface area (Å²) >= 11 is 0. The van der Waals surface area contributed by atoms with Gasteiger partial charge >= 0.3 is 0 Å². The number of para-hydroxylation sites is 3. The maximum Gasteiger partial charge on any atom is 0.136 e. The smallest absolute Gasteiger partial charge is 0.136 e. The molecule has 3 aromatic heterocycles. The van der Waals surface area contributed by atoms with Crippen LogP contribution >= 0.6 is 0 Å². The zero-order chi connectivity index (χ0) is 49.8. The molecule has 0 spiro atoms. The van der Waals surface area contributed by atoms with Crippen molar-refractivity contribution in [1.82, 2.24) is 4.57 Å². The fourth-order valence-electron chi connectivity index (χ4n) is 12.2. The van der Waals surface area contributed by atoms with Crippen LogP contribution in [0.25, 0.3) is 137 Å². The van der Waals surface area contributed by atoms with Crippen LogP contribution in [0.1, 0.15) is 0 Å². The highest BCUT2D eigenvalue weighted by molar-refractivity contribution is 6.26. The van der Waals surface area contributed by atoms with E-state index in [2.05, 4.69) is 252 Å². The van der Waals surface area contributed by atoms with Crippen LogP contribution in [-0.4, -0.2) is 4.57 Å². The first kappa shape index (κ1) is 42.4. The van der Waals surface area contributed by atoms with Crippen molar-refractivity contribution in [1.29, 1.82) is 0 Å². The highest BCUT2D eigenvalue weighted by atomic mass is 16.3. The Morgan fingerprint density at radius 3 is 1.36 bits per heavy atom. The largest absolute Gasteiger partial charge is 0.456 e. The second-order valence-corrected chi connectivity index (χ2v) is 20.0. The van der Waals surface area contributed by atoms with E-state index in [-0.39, 0.29) is 0 Å². The predicted molar refractivity (Wildman–Crippen MR) is 319 cm³/mol. The van der Waals surface area contributed by atoms with Crippen molar-refractivity contribution >= 4 is 115 Å². The van der Waals surface area contributed by atoms with Gasteiger partial charge in [0.05, 0.1) is 11.0 Å². The molecule has 0 amide bonds. The second-order valence-electron chi connectivity index (χ2n) is 20.0. The molecular formula is C72H44N2O2. The molecule has 0 bridgehead atoms. The second kappa shape index (κ2) is 16.7. The Morgan fingerprint density at radius 2 is 0.697 bits per heavy atom. The van der Waals surface area contributed by atoms with E-state index >= 15 is 0 Å². The molecule has 16 aromatic rings. The number of anilines is 3. The first-order valence-corrected chi connectivity index (χ1v) is 26.0. The van der Waals surface area contributed by atoms with E-state index in [0.717, 1.165) is 111 Å². The molecule has 16 rings (SSSR count). The highest BCUT2D eigenvalue weighted by Crippen LogP contribution is 2.44. The van der Waals surface area contributed by atoms with Crippen molar-refractivity contribution in [3.63, 3.8) is 0 Å². The van der Waals surface area contributed by atoms with Crippen LogP contribution < -0.4 is 4.90 Å². The number of aromatic nitrogens is 1. The SMILES string of the molecule is c1ccc(N(c2ccc(-c3ccc4c(c3)c3cc(-c5ccc6oc7ccccc7c6c5)ccc3n4-c3ccc4c5ccccc5c5ccccc5c4c3)cc2)c2ccc(-c3cccc4oc5ccccc5c34)cc2)cc1. The molecule has 0 radical (unpaired) electrons. The average Bonchev–Trinajstić information content (AvgIpc) is 4.17. The number of rotatable bonds is 7. The van der Waals surface area contributed by atoms with Crippen LogP contribution in [0.5, 0.6) is 0 Å². The Balaban J connectivity index is 0.825. The molecule has 4 nitrogen and oxygen atoms in total. The van der Waals surface area contributed by atoms with E-state index in [1.165, 1.54) is 43.1 Å². The van der Waals surface area contributed by atoms with Gasteiger partial charge in [-0.1, -0.05) is 164 Å². The third kappa shape index (κ3) is 6.57. The van der Waals surface area contributed by atoms with Crippen molar-refractivity contribution < 1.29 is 8.83 Å². The van der Waals surface area contributed by atoms with Gasteiger partial charge in [0.2, 0.25) is 0 Å². The van der Waals surface area contributed by atoms with Gasteiger partial charge in [-0.2, -0.15) is 0 Å². The van der Waals surface area contributed by atoms with Crippen molar-refractivity contribution in [3.05, 3.63) is 267 Å². The van der Waals surface area contributed by atoms with Crippen LogP contribution in [0.4, 0.5) is 17.1 Å². The monoisotopic (exact) mass is 968 g/mol. The minimum Gasteiger partial charge on any atom is -0.456 e. The lowest BCUT2D eigenvalue weighted by molar-refractivity contribution is 0.668. The molecule has 0 fully saturated rings. The van der Waals surface area contributed by atoms with Gasteiger partial charge in [0.1, 0.15) is 22.3 Å². The minimum atomic E-state index is 0.896. The van der Waals surface area contributed by atoms with Crippen molar-refractivity contribution in [2.75, 3.05) is 4.90 Å². The number of hydrogen-bond donors (Lipinski definition) is 0. The Bertz CT molecular complexity index is 4950. The van der Waals surface area contributed by atoms with Crippen molar-refractivity contribution in [2.45, 2.75) is 0 Å². The van der Waals surface area contributed by atoms with Crippen molar-refractivity contribution in [2.24, 2.45) is 0 Å². The molecular weight excluding hydrogens is 925 g/mol. The molecule has 3 heterocycles. The highest BCUT2D eigenvalue weighted by Gasteiger charge is 2.20. The quantitative estimate of drug-likeness (QED) is 0.149. The van der Waals surface area contributed by atoms with Gasteiger partial charge in [0, 0.05) is 55.1 Å². The van der Waals surface area contributed by atoms with Crippen LogP contribution in [0.15, 0.2) is 276 Å². The number of furan rings is 2. The Hall–Kier alpha value is -10.2. The van der Waals surface area contributed by atoms with E-state index in [1.807, 2.05) is 24.3 Å². The molecule has 0 aliphatic heterocycles. The average molecular weight is 969 g/mol. The van der Waals surface area contributed by atoms with Crippen LogP contribution in [0, 0.1) is 0 Å². The Kier molecular flexibility index (Phi) is 9.30. The van der Waals surface area contributed by atoms with E-state index in [1.54, 1.807) is 0 Å². The summed E-state index contributed by atoms with van der Waals surface area (Å²) in [6.45, 7) is 0. The first-order chi connectivity index (χ1) is 37.7. The number of benzene rings is 13. The molecule has 0 atom stereocenters. The van der Waals surface area contributed by atoms with Crippen molar-refractivity contribution in [3.8, 4) is 39.1 Å². The zero-order valence-corrected chi connectivity index (χ0v) is 41.1. The summed E-state index contributed by atoms with van der Waals surface area (Å²) in [4.78, 5) is 2.33. The van der Waals surface area contributed by atoms with Crippen LogP contribution in [0.2, 0.25) is 0 Å². The van der Waals surface area contributed by atoms with Gasteiger partial charge in [0.25, 0.3) is 0 Å². The molecule has 0 saturated carbocycles. The molecule has 0 unspecified atom stereocenters. The van der Waals surface area contributed by atoms with Gasteiger partial charge in [-0.05, 0) is 169 Å². The maximum atomic E-state index is 6.26. The van der Waals surface area contributed by atoms with Gasteiger partial charge in [-0.25, -0.2) is 0 Å². The lowest BCUT2D eigenvalue weighted by atomic mass is 9.94. The van der Waals surface area contributed by atoms with Gasteiger partial charge < -0.3 is 18.3 Å².